The van der Waals surface area contributed by atoms with Gasteiger partial charge in [-0.2, -0.15) is 0 Å². The summed E-state index contributed by atoms with van der Waals surface area (Å²) >= 11 is 0. The number of carboxylic acids is 1. The number of benzene rings is 2. The predicted molar refractivity (Wildman–Crippen MR) is 182 cm³/mol. The van der Waals surface area contributed by atoms with Crippen LogP contribution in [0.1, 0.15) is 73.4 Å². The van der Waals surface area contributed by atoms with Gasteiger partial charge in [0.15, 0.2) is 43.5 Å². The topological polar surface area (TPSA) is 130 Å². The highest BCUT2D eigenvalue weighted by atomic mass is 28.4. The zero-order chi connectivity index (χ0) is 34.8. The molecule has 0 aromatic heterocycles. The van der Waals surface area contributed by atoms with Crippen LogP contribution >= 0.6 is 0 Å². The summed E-state index contributed by atoms with van der Waals surface area (Å²) in [6, 6.07) is 6.63. The van der Waals surface area contributed by atoms with Gasteiger partial charge in [0, 0.05) is 11.1 Å². The lowest BCUT2D eigenvalue weighted by molar-refractivity contribution is 0.0446. The summed E-state index contributed by atoms with van der Waals surface area (Å²) < 4.78 is 35.3. The second-order valence-corrected chi connectivity index (χ2v) is 24.5. The summed E-state index contributed by atoms with van der Waals surface area (Å²) in [5.41, 5.74) is 1.99. The van der Waals surface area contributed by atoms with Gasteiger partial charge < -0.3 is 38.0 Å². The van der Waals surface area contributed by atoms with E-state index in [1.165, 1.54) is 6.07 Å². The molecule has 0 radical (unpaired) electrons. The van der Waals surface area contributed by atoms with E-state index in [0.29, 0.717) is 47.3 Å². The highest BCUT2D eigenvalue weighted by Gasteiger charge is 2.41. The lowest BCUT2D eigenvalue weighted by Crippen LogP contribution is -2.45. The Labute approximate surface area is 275 Å². The number of ether oxygens (including phenoxy) is 4. The molecule has 2 heterocycles. The van der Waals surface area contributed by atoms with Gasteiger partial charge in [0.1, 0.15) is 13.2 Å². The van der Waals surface area contributed by atoms with Crippen molar-refractivity contribution in [1.82, 2.24) is 0 Å². The van der Waals surface area contributed by atoms with E-state index in [-0.39, 0.29) is 40.9 Å². The zero-order valence-electron chi connectivity index (χ0n) is 29.5. The molecule has 2 aromatic rings. The van der Waals surface area contributed by atoms with Crippen molar-refractivity contribution in [2.24, 2.45) is 0 Å². The molecule has 0 unspecified atom stereocenters. The summed E-state index contributed by atoms with van der Waals surface area (Å²) in [7, 11) is -4.08. The number of hydrogen-bond acceptors (Lipinski definition) is 9. The van der Waals surface area contributed by atoms with Gasteiger partial charge in [-0.3, -0.25) is 0 Å². The van der Waals surface area contributed by atoms with Crippen molar-refractivity contribution in [3.8, 4) is 23.0 Å². The average molecular weight is 677 g/mol. The van der Waals surface area contributed by atoms with Crippen molar-refractivity contribution in [3.63, 3.8) is 0 Å². The molecule has 256 valence electrons. The number of carbonyl (C=O) groups excluding carboxylic acids is 1. The standard InChI is InChI=1S/C23H40O5Si2.C11H12O5/c1-16-18(21(24)28-30(10,11)23(5,6)7)12-13-19-20(16)27-17(14-25-19)15-26-29(8,9)22(2,3)4;1-6-8(11(13)14)2-3-9-10(6)16-7(4-12)5-15-9/h12-13,17H,14-15H2,1-11H3;2-3,7,12H,4-5H2,1H3,(H,13,14)/t17-;7-/m10/s1. The molecule has 46 heavy (non-hydrogen) atoms. The van der Waals surface area contributed by atoms with Gasteiger partial charge in [-0.05, 0) is 74.4 Å². The highest BCUT2D eigenvalue weighted by Crippen LogP contribution is 2.41. The van der Waals surface area contributed by atoms with Gasteiger partial charge in [0.05, 0.1) is 24.3 Å². The lowest BCUT2D eigenvalue weighted by Gasteiger charge is -2.38. The summed E-state index contributed by atoms with van der Waals surface area (Å²) in [6.45, 7) is 26.2. The van der Waals surface area contributed by atoms with Crippen LogP contribution in [0.3, 0.4) is 0 Å². The van der Waals surface area contributed by atoms with E-state index in [4.69, 9.17) is 38.0 Å². The largest absolute Gasteiger partial charge is 0.516 e. The van der Waals surface area contributed by atoms with Gasteiger partial charge in [-0.15, -0.1) is 0 Å². The molecule has 0 spiro atoms. The number of hydrogen-bond donors (Lipinski definition) is 2. The van der Waals surface area contributed by atoms with E-state index >= 15 is 0 Å². The number of rotatable bonds is 7. The van der Waals surface area contributed by atoms with Crippen LogP contribution in [0, 0.1) is 13.8 Å². The Bertz CT molecular complexity index is 1420. The fourth-order valence-corrected chi connectivity index (χ4v) is 6.12. The van der Waals surface area contributed by atoms with Gasteiger partial charge in [-0.25, -0.2) is 9.59 Å². The van der Waals surface area contributed by atoms with E-state index in [1.54, 1.807) is 25.1 Å². The summed E-state index contributed by atoms with van der Waals surface area (Å²) in [5.74, 6) is 0.923. The Kier molecular flexibility index (Phi) is 11.4. The minimum atomic E-state index is -2.21. The average Bonchev–Trinajstić information content (AvgIpc) is 2.95. The van der Waals surface area contributed by atoms with E-state index in [9.17, 15) is 9.59 Å². The third kappa shape index (κ3) is 8.44. The van der Waals surface area contributed by atoms with Gasteiger partial charge in [0.2, 0.25) is 0 Å². The summed E-state index contributed by atoms with van der Waals surface area (Å²) in [5, 5.41) is 18.0. The molecule has 2 aliphatic rings. The number of aromatic carboxylic acids is 1. The maximum atomic E-state index is 13.0. The summed E-state index contributed by atoms with van der Waals surface area (Å²) in [6.07, 6.45) is -0.632. The molecule has 0 bridgehead atoms. The molecule has 2 N–H and O–H groups in total. The number of carbonyl (C=O) groups is 2. The van der Waals surface area contributed by atoms with E-state index in [0.717, 1.165) is 5.56 Å². The SMILES string of the molecule is Cc1c(C(=O)O)ccc2c1O[C@@H](CO)CO2.Cc1c(C(=O)O[Si](C)(C)C(C)(C)C)ccc2c1O[C@@H](CO[Si](C)(C)C(C)(C)C)CO2. The van der Waals surface area contributed by atoms with Crippen LogP contribution in [0.15, 0.2) is 24.3 Å². The number of fused-ring (bicyclic) bond motifs is 2. The van der Waals surface area contributed by atoms with Gasteiger partial charge in [-0.1, -0.05) is 41.5 Å². The smallest absolute Gasteiger partial charge is 0.336 e. The first kappa shape index (κ1) is 37.4. The van der Waals surface area contributed by atoms with Crippen LogP contribution in [0.4, 0.5) is 0 Å². The van der Waals surface area contributed by atoms with Gasteiger partial charge in [0.25, 0.3) is 8.32 Å². The molecule has 0 amide bonds. The number of aliphatic hydroxyl groups is 1. The second-order valence-electron chi connectivity index (χ2n) is 14.9. The fraction of sp³-hybridized carbons (Fsp3) is 0.588. The molecule has 2 aliphatic heterocycles. The molecule has 2 aromatic carbocycles. The molecule has 2 atom stereocenters. The Morgan fingerprint density at radius 3 is 1.72 bits per heavy atom. The second kappa shape index (κ2) is 14.0. The molecular weight excluding hydrogens is 625 g/mol. The third-order valence-electron chi connectivity index (χ3n) is 9.40. The van der Waals surface area contributed by atoms with Crippen molar-refractivity contribution < 1.29 is 47.6 Å². The van der Waals surface area contributed by atoms with Crippen molar-refractivity contribution in [3.05, 3.63) is 46.5 Å². The molecule has 10 nitrogen and oxygen atoms in total. The van der Waals surface area contributed by atoms with Crippen molar-refractivity contribution in [2.45, 2.75) is 104 Å². The van der Waals surface area contributed by atoms with Crippen molar-refractivity contribution in [1.29, 1.82) is 0 Å². The quantitative estimate of drug-likeness (QED) is 0.292. The number of carboxylic acid groups (broad SMARTS) is 1. The highest BCUT2D eigenvalue weighted by molar-refractivity contribution is 6.75. The Hall–Kier alpha value is -3.07. The maximum Gasteiger partial charge on any atom is 0.336 e. The van der Waals surface area contributed by atoms with Crippen LogP contribution in [0.5, 0.6) is 23.0 Å². The van der Waals surface area contributed by atoms with Crippen LogP contribution in [0.25, 0.3) is 0 Å². The molecule has 12 heteroatoms. The summed E-state index contributed by atoms with van der Waals surface area (Å²) in [4.78, 5) is 23.9. The van der Waals surface area contributed by atoms with E-state index < -0.39 is 28.7 Å². The van der Waals surface area contributed by atoms with Crippen LogP contribution in [-0.2, 0) is 8.85 Å². The minimum absolute atomic E-state index is 0.0451. The lowest BCUT2D eigenvalue weighted by atomic mass is 10.1. The predicted octanol–water partition coefficient (Wildman–Crippen LogP) is 7.14. The van der Waals surface area contributed by atoms with Crippen LogP contribution in [-0.4, -0.2) is 77.4 Å². The molecule has 4 rings (SSSR count). The zero-order valence-corrected chi connectivity index (χ0v) is 31.5. The monoisotopic (exact) mass is 676 g/mol. The maximum absolute atomic E-state index is 13.0. The van der Waals surface area contributed by atoms with Crippen molar-refractivity contribution in [2.75, 3.05) is 26.4 Å². The first-order valence-corrected chi connectivity index (χ1v) is 21.5. The van der Waals surface area contributed by atoms with E-state index in [2.05, 4.69) is 67.7 Å². The number of aliphatic hydroxyl groups excluding tert-OH is 1. The Balaban J connectivity index is 0.000000300. The fourth-order valence-electron chi connectivity index (χ4n) is 4.20. The first-order chi connectivity index (χ1) is 21.1. The van der Waals surface area contributed by atoms with Crippen LogP contribution in [0.2, 0.25) is 36.3 Å². The van der Waals surface area contributed by atoms with Gasteiger partial charge >= 0.3 is 11.9 Å². The minimum Gasteiger partial charge on any atom is -0.516 e. The van der Waals surface area contributed by atoms with Crippen LogP contribution < -0.4 is 18.9 Å². The normalized spacial score (nSPS) is 17.8. The Morgan fingerprint density at radius 2 is 1.24 bits per heavy atom. The van der Waals surface area contributed by atoms with E-state index in [1.807, 2.05) is 6.92 Å². The third-order valence-corrected chi connectivity index (χ3v) is 18.2. The molecule has 0 aliphatic carbocycles. The molecule has 0 saturated heterocycles. The van der Waals surface area contributed by atoms with Crippen molar-refractivity contribution >= 4 is 28.6 Å². The first-order valence-electron chi connectivity index (χ1n) is 15.7. The Morgan fingerprint density at radius 1 is 0.783 bits per heavy atom. The molecule has 0 saturated carbocycles. The molecular formula is C34H52O10Si2. The molecule has 0 fully saturated rings.